The Morgan fingerprint density at radius 3 is 0.879 bits per heavy atom. The predicted molar refractivity (Wildman–Crippen MR) is 355 cm³/mol. The van der Waals surface area contributed by atoms with Crippen molar-refractivity contribution in [2.45, 2.75) is 188 Å². The van der Waals surface area contributed by atoms with E-state index in [1.807, 2.05) is 0 Å². The van der Waals surface area contributed by atoms with Crippen LogP contribution in [0.1, 0.15) is 158 Å². The van der Waals surface area contributed by atoms with E-state index >= 15 is 0 Å². The Balaban J connectivity index is 0.000000251. The zero-order valence-electron chi connectivity index (χ0n) is 56.5. The fourth-order valence-corrected chi connectivity index (χ4v) is 17.4. The molecule has 0 bridgehead atoms. The summed E-state index contributed by atoms with van der Waals surface area (Å²) in [6, 6.07) is 23.9. The average Bonchev–Trinajstić information content (AvgIpc) is 1.18. The summed E-state index contributed by atoms with van der Waals surface area (Å²) in [6.45, 7) is 2.24. The first-order chi connectivity index (χ1) is 49.5. The zero-order valence-corrected chi connectivity index (χ0v) is 59.7. The average molecular weight is 1730 g/mol. The van der Waals surface area contributed by atoms with Crippen LogP contribution in [0.4, 0.5) is 105 Å². The summed E-state index contributed by atoms with van der Waals surface area (Å²) in [7, 11) is -0.586. The van der Waals surface area contributed by atoms with Crippen molar-refractivity contribution in [2.75, 3.05) is 0 Å². The maximum Gasteiger partial charge on any atom is 0.416 e. The molecule has 0 spiro atoms. The summed E-state index contributed by atoms with van der Waals surface area (Å²) in [6.07, 6.45) is -35.7. The molecule has 1 aliphatic heterocycles. The first kappa shape index (κ1) is 85.2. The van der Waals surface area contributed by atoms with E-state index in [0.717, 1.165) is 50.0 Å². The molecule has 1 heterocycles. The van der Waals surface area contributed by atoms with Crippen LogP contribution in [0, 0.1) is 23.7 Å². The normalized spacial score (nSPS) is 17.4. The molecule has 0 aromatic heterocycles. The van der Waals surface area contributed by atoms with E-state index in [4.69, 9.17) is 9.26 Å². The monoisotopic (exact) mass is 1730 g/mol. The first-order valence-electron chi connectivity index (χ1n) is 33.6. The van der Waals surface area contributed by atoms with Crippen molar-refractivity contribution >= 4 is 42.0 Å². The summed E-state index contributed by atoms with van der Waals surface area (Å²) in [4.78, 5) is 3.93. The number of rotatable bonds is 14. The molecule has 3 nitrogen and oxygen atoms in total. The van der Waals surface area contributed by atoms with E-state index in [9.17, 15) is 105 Å². The van der Waals surface area contributed by atoms with Gasteiger partial charge in [-0.05, 0) is 80.1 Å². The van der Waals surface area contributed by atoms with E-state index in [1.54, 1.807) is 0 Å². The van der Waals surface area contributed by atoms with Crippen molar-refractivity contribution in [1.29, 1.82) is 0 Å². The van der Waals surface area contributed by atoms with Crippen LogP contribution in [0.2, 0.25) is 0 Å². The van der Waals surface area contributed by atoms with Gasteiger partial charge in [0, 0.05) is 78.1 Å². The van der Waals surface area contributed by atoms with Gasteiger partial charge in [0.05, 0.1) is 50.1 Å². The smallest absolute Gasteiger partial charge is 0.416 e. The largest absolute Gasteiger partial charge is 0.434 e. The van der Waals surface area contributed by atoms with Gasteiger partial charge in [-0.2, -0.15) is 127 Å². The molecule has 2 atom stereocenters. The number of halogens is 24. The van der Waals surface area contributed by atoms with Crippen LogP contribution in [-0.2, 0) is 91.6 Å². The molecule has 577 valence electrons. The van der Waals surface area contributed by atoms with Crippen molar-refractivity contribution in [1.82, 2.24) is 0 Å². The molecular formula is C77H67BF24IrNO2P. The Morgan fingerprint density at radius 2 is 0.626 bits per heavy atom. The number of hydrogen-bond acceptors (Lipinski definition) is 2. The summed E-state index contributed by atoms with van der Waals surface area (Å²) >= 11 is 0. The Hall–Kier alpha value is -7.45. The SMILES string of the molecule is C1#CCCC#CCC1.C[C@H]1OC(c2ccccc2)=[NH+][C@H]1C(Cc1ccccc1)(Cc1ccccc1)OP(C1CCCCC1)C1CCCCC1.FC(F)(F)c1cc([B-](c2cc(C(F)(F)F)cc(C(F)(F)F)c2)(c2cc(C(F)(F)F)cc(C(F)(F)F)c2)c2cc(C(F)(F)F)cc(C(F)(F)F)c2)cc(C(F)(F)F)c1.[Ir]. The molecule has 0 amide bonds. The molecule has 3 aliphatic carbocycles. The summed E-state index contributed by atoms with van der Waals surface area (Å²) in [5.41, 5.74) is -25.4. The van der Waals surface area contributed by atoms with Crippen molar-refractivity contribution in [3.05, 3.63) is 225 Å². The Kier molecular flexibility index (Phi) is 27.2. The van der Waals surface area contributed by atoms with E-state index < -0.39 is 208 Å². The topological polar surface area (TPSA) is 32.4 Å². The van der Waals surface area contributed by atoms with E-state index in [0.29, 0.717) is 11.3 Å². The van der Waals surface area contributed by atoms with Crippen LogP contribution >= 0.6 is 8.15 Å². The van der Waals surface area contributed by atoms with Crippen LogP contribution in [0.3, 0.4) is 0 Å². The Labute approximate surface area is 615 Å². The quantitative estimate of drug-likeness (QED) is 0.0509. The van der Waals surface area contributed by atoms with E-state index in [1.165, 1.54) is 75.3 Å². The van der Waals surface area contributed by atoms with Gasteiger partial charge in [0.25, 0.3) is 0 Å². The molecule has 1 N–H and O–H groups in total. The molecule has 7 aromatic carbocycles. The van der Waals surface area contributed by atoms with Crippen molar-refractivity contribution in [3.63, 3.8) is 0 Å². The number of nitrogens with one attached hydrogen (secondary N) is 1. The van der Waals surface area contributed by atoms with E-state index in [2.05, 4.69) is 127 Å². The second kappa shape index (κ2) is 34.2. The minimum absolute atomic E-state index is 0. The van der Waals surface area contributed by atoms with Crippen LogP contribution in [0.25, 0.3) is 0 Å². The second-order valence-corrected chi connectivity index (χ2v) is 28.9. The second-order valence-electron chi connectivity index (χ2n) is 26.5. The van der Waals surface area contributed by atoms with Gasteiger partial charge < -0.3 is 9.26 Å². The summed E-state index contributed by atoms with van der Waals surface area (Å²) in [5.74, 6) is 13.0. The van der Waals surface area contributed by atoms with Crippen molar-refractivity contribution in [2.24, 2.45) is 0 Å². The maximum absolute atomic E-state index is 14.2. The predicted octanol–water partition coefficient (Wildman–Crippen LogP) is 20.4. The minimum Gasteiger partial charge on any atom is -0.434 e. The number of hydrogen-bond donors (Lipinski definition) is 1. The number of alkyl halides is 24. The van der Waals surface area contributed by atoms with Gasteiger partial charge in [-0.15, -0.1) is 23.7 Å². The van der Waals surface area contributed by atoms with Gasteiger partial charge in [0.2, 0.25) is 6.04 Å². The van der Waals surface area contributed by atoms with Crippen LogP contribution < -0.4 is 26.8 Å². The van der Waals surface area contributed by atoms with Crippen molar-refractivity contribution < 1.29 is 140 Å². The molecule has 4 aliphatic rings. The third kappa shape index (κ3) is 21.7. The molecule has 0 saturated heterocycles. The van der Waals surface area contributed by atoms with E-state index in [-0.39, 0.29) is 32.3 Å². The van der Waals surface area contributed by atoms with Crippen molar-refractivity contribution in [3.8, 4) is 23.7 Å². The van der Waals surface area contributed by atoms with Gasteiger partial charge in [0.1, 0.15) is 11.7 Å². The molecule has 0 unspecified atom stereocenters. The Bertz CT molecular complexity index is 3750. The fraction of sp³-hybridized carbons (Fsp3) is 0.390. The summed E-state index contributed by atoms with van der Waals surface area (Å²) < 4.78 is 355. The van der Waals surface area contributed by atoms with Gasteiger partial charge >= 0.3 is 55.3 Å². The molecule has 30 heteroatoms. The summed E-state index contributed by atoms with van der Waals surface area (Å²) in [5, 5.41) is 0. The molecule has 7 aromatic rings. The van der Waals surface area contributed by atoms with Gasteiger partial charge in [-0.25, -0.2) is 4.99 Å². The molecular weight excluding hydrogens is 1660 g/mol. The third-order valence-electron chi connectivity index (χ3n) is 19.0. The molecule has 107 heavy (non-hydrogen) atoms. The molecule has 1 radical (unpaired) electrons. The van der Waals surface area contributed by atoms with Crippen LogP contribution in [-0.4, -0.2) is 41.1 Å². The molecule has 11 rings (SSSR count). The fourth-order valence-electron chi connectivity index (χ4n) is 14.1. The first-order valence-corrected chi connectivity index (χ1v) is 35.0. The van der Waals surface area contributed by atoms with Gasteiger partial charge in [-0.1, -0.05) is 166 Å². The zero-order chi connectivity index (χ0) is 77.5. The molecule has 2 saturated carbocycles. The van der Waals surface area contributed by atoms with Crippen LogP contribution in [0.5, 0.6) is 0 Å². The number of benzene rings is 7. The third-order valence-corrected chi connectivity index (χ3v) is 22.0. The molecule has 2 fully saturated rings. The van der Waals surface area contributed by atoms with Gasteiger partial charge in [0.15, 0.2) is 6.10 Å². The Morgan fingerprint density at radius 1 is 0.374 bits per heavy atom. The minimum atomic E-state index is -6.13. The van der Waals surface area contributed by atoms with Crippen LogP contribution in [0.15, 0.2) is 164 Å². The number of ether oxygens (including phenoxy) is 1. The van der Waals surface area contributed by atoms with Gasteiger partial charge in [-0.3, -0.25) is 0 Å². The maximum atomic E-state index is 14.2. The standard InChI is InChI=1S/C37H46NO2P.C32H12BF24.C8H8.Ir/c1-29-35(38-36(39-29)32-21-11-4-12-22-32)37(27-30-17-7-2-8-18-30,28-31-19-9-3-10-20-31)40-41(33-23-13-5-14-24-33)34-25-15-6-16-26-34;34-25(35,36)13-1-14(26(37,38)39)6-21(5-13)33(22-7-15(27(40,41)42)2-16(8-22)28(43,44)45,23-9-17(29(46,47)48)3-18(10-23)30(49,50)51)24-11-19(31(52,53)54)4-20(12-24)32(55,56)57;1-2-4-6-8-7-5-3-1;/h2-4,7-12,17-22,29,33-35H,5-6,13-16,23-28H2,1H3;1-12H;1-2,7-8H2;/q;-1;;/p+1/t29-,35-;;;/m1.../s1.